The van der Waals surface area contributed by atoms with Gasteiger partial charge in [0.25, 0.3) is 0 Å². The van der Waals surface area contributed by atoms with E-state index in [1.54, 1.807) is 11.9 Å². The van der Waals surface area contributed by atoms with E-state index in [1.165, 1.54) is 0 Å². The highest BCUT2D eigenvalue weighted by Gasteiger charge is 2.27. The minimum Gasteiger partial charge on any atom is -0.355 e. The first-order chi connectivity index (χ1) is 11.0. The Balaban J connectivity index is 0.00000288. The summed E-state index contributed by atoms with van der Waals surface area (Å²) in [4.78, 5) is 25.8. The van der Waals surface area contributed by atoms with Gasteiger partial charge in [0.2, 0.25) is 11.8 Å². The Bertz CT molecular complexity index is 571. The number of nitrogens with zero attached hydrogens (tertiary/aromatic N) is 1. The van der Waals surface area contributed by atoms with E-state index in [-0.39, 0.29) is 36.2 Å². The van der Waals surface area contributed by atoms with Gasteiger partial charge in [-0.3, -0.25) is 9.59 Å². The number of rotatable bonds is 6. The molecule has 0 bridgehead atoms. The van der Waals surface area contributed by atoms with Crippen LogP contribution in [0.2, 0.25) is 0 Å². The summed E-state index contributed by atoms with van der Waals surface area (Å²) in [5.74, 6) is 0.0569. The van der Waals surface area contributed by atoms with Crippen molar-refractivity contribution in [3.8, 4) is 0 Å². The Morgan fingerprint density at radius 1 is 1.33 bits per heavy atom. The molecule has 0 saturated heterocycles. The van der Waals surface area contributed by atoms with E-state index < -0.39 is 0 Å². The minimum atomic E-state index is 0. The number of carbonyl (C=O) groups is 2. The molecule has 0 spiro atoms. The number of halogens is 2. The first kappa shape index (κ1) is 20.9. The van der Waals surface area contributed by atoms with Gasteiger partial charge in [0.05, 0.1) is 0 Å². The van der Waals surface area contributed by atoms with E-state index in [4.69, 9.17) is 5.73 Å². The summed E-state index contributed by atoms with van der Waals surface area (Å²) in [5, 5.41) is 2.85. The van der Waals surface area contributed by atoms with Gasteiger partial charge >= 0.3 is 0 Å². The van der Waals surface area contributed by atoms with Gasteiger partial charge in [-0.05, 0) is 30.9 Å². The average molecular weight is 419 g/mol. The molecule has 1 aliphatic carbocycles. The first-order valence-electron chi connectivity index (χ1n) is 7.98. The van der Waals surface area contributed by atoms with Gasteiger partial charge in [0.1, 0.15) is 0 Å². The van der Waals surface area contributed by atoms with E-state index in [2.05, 4.69) is 21.2 Å². The Hall–Kier alpha value is -1.11. The van der Waals surface area contributed by atoms with Crippen molar-refractivity contribution in [3.05, 3.63) is 34.3 Å². The van der Waals surface area contributed by atoms with Gasteiger partial charge in [-0.1, -0.05) is 34.1 Å². The number of amides is 2. The zero-order valence-electron chi connectivity index (χ0n) is 13.8. The number of carbonyl (C=O) groups excluding carboxylic acids is 2. The largest absolute Gasteiger partial charge is 0.355 e. The van der Waals surface area contributed by atoms with Crippen molar-refractivity contribution < 1.29 is 9.59 Å². The van der Waals surface area contributed by atoms with Crippen LogP contribution in [0.4, 0.5) is 0 Å². The van der Waals surface area contributed by atoms with Crippen LogP contribution in [0.3, 0.4) is 0 Å². The Kier molecular flexibility index (Phi) is 8.73. The number of nitrogens with two attached hydrogens (primary N) is 1. The van der Waals surface area contributed by atoms with E-state index in [9.17, 15) is 9.59 Å². The van der Waals surface area contributed by atoms with Crippen molar-refractivity contribution in [2.75, 3.05) is 13.6 Å². The molecule has 1 aromatic rings. The zero-order chi connectivity index (χ0) is 16.8. The van der Waals surface area contributed by atoms with E-state index >= 15 is 0 Å². The lowest BCUT2D eigenvalue weighted by atomic mass is 10.1. The third kappa shape index (κ3) is 6.07. The molecule has 0 radical (unpaired) electrons. The van der Waals surface area contributed by atoms with Crippen LogP contribution in [-0.2, 0) is 16.1 Å². The van der Waals surface area contributed by atoms with Crippen molar-refractivity contribution in [2.24, 2.45) is 11.7 Å². The molecule has 1 fully saturated rings. The van der Waals surface area contributed by atoms with Crippen LogP contribution >= 0.6 is 28.3 Å². The van der Waals surface area contributed by atoms with Crippen LogP contribution in [-0.4, -0.2) is 36.3 Å². The van der Waals surface area contributed by atoms with Gasteiger partial charge in [0.15, 0.2) is 0 Å². The Morgan fingerprint density at radius 3 is 2.67 bits per heavy atom. The molecule has 3 N–H and O–H groups in total. The maximum atomic E-state index is 12.2. The topological polar surface area (TPSA) is 75.4 Å². The first-order valence-corrected chi connectivity index (χ1v) is 8.77. The normalized spacial score (nSPS) is 19.5. The maximum Gasteiger partial charge on any atom is 0.224 e. The number of hydrogen-bond acceptors (Lipinski definition) is 3. The van der Waals surface area contributed by atoms with Gasteiger partial charge in [-0.25, -0.2) is 0 Å². The lowest BCUT2D eigenvalue weighted by Crippen LogP contribution is -2.34. The third-order valence-corrected chi connectivity index (χ3v) is 5.05. The number of nitrogens with one attached hydrogen (secondary N) is 1. The quantitative estimate of drug-likeness (QED) is 0.745. The molecule has 7 heteroatoms. The van der Waals surface area contributed by atoms with Crippen molar-refractivity contribution in [1.29, 1.82) is 0 Å². The van der Waals surface area contributed by atoms with Crippen molar-refractivity contribution >= 4 is 40.2 Å². The molecule has 24 heavy (non-hydrogen) atoms. The van der Waals surface area contributed by atoms with Gasteiger partial charge in [-0.2, -0.15) is 0 Å². The lowest BCUT2D eigenvalue weighted by molar-refractivity contribution is -0.130. The Labute approximate surface area is 157 Å². The van der Waals surface area contributed by atoms with Crippen LogP contribution in [0.25, 0.3) is 0 Å². The fraction of sp³-hybridized carbons (Fsp3) is 0.529. The molecule has 0 aromatic heterocycles. The van der Waals surface area contributed by atoms with Crippen molar-refractivity contribution in [2.45, 2.75) is 38.3 Å². The molecule has 1 saturated carbocycles. The van der Waals surface area contributed by atoms with E-state index in [0.717, 1.165) is 29.3 Å². The van der Waals surface area contributed by atoms with Crippen molar-refractivity contribution in [3.63, 3.8) is 0 Å². The second-order valence-electron chi connectivity index (χ2n) is 6.15. The van der Waals surface area contributed by atoms with Gasteiger partial charge in [-0.15, -0.1) is 12.4 Å². The van der Waals surface area contributed by atoms with Gasteiger partial charge in [0, 0.05) is 43.0 Å². The summed E-state index contributed by atoms with van der Waals surface area (Å²) in [6, 6.07) is 7.98. The van der Waals surface area contributed by atoms with Crippen molar-refractivity contribution in [1.82, 2.24) is 10.2 Å². The molecule has 1 aliphatic rings. The predicted octanol–water partition coefficient (Wildman–Crippen LogP) is 2.46. The van der Waals surface area contributed by atoms with Crippen LogP contribution < -0.4 is 11.1 Å². The predicted molar refractivity (Wildman–Crippen MR) is 101 cm³/mol. The smallest absolute Gasteiger partial charge is 0.224 e. The molecule has 1 aromatic carbocycles. The molecule has 5 nitrogen and oxygen atoms in total. The monoisotopic (exact) mass is 417 g/mol. The van der Waals surface area contributed by atoms with Gasteiger partial charge < -0.3 is 16.0 Å². The summed E-state index contributed by atoms with van der Waals surface area (Å²) >= 11 is 3.48. The Morgan fingerprint density at radius 2 is 2.04 bits per heavy atom. The molecule has 2 atom stereocenters. The summed E-state index contributed by atoms with van der Waals surface area (Å²) in [5.41, 5.74) is 6.88. The number of hydrogen-bond donors (Lipinski definition) is 2. The highest BCUT2D eigenvalue weighted by molar-refractivity contribution is 9.10. The molecular formula is C17H25BrClN3O2. The molecule has 2 rings (SSSR count). The number of benzene rings is 1. The van der Waals surface area contributed by atoms with E-state index in [0.29, 0.717) is 19.5 Å². The molecule has 134 valence electrons. The molecule has 0 aliphatic heterocycles. The minimum absolute atomic E-state index is 0. The zero-order valence-corrected chi connectivity index (χ0v) is 16.2. The molecule has 2 amide bonds. The molecule has 0 heterocycles. The third-order valence-electron chi connectivity index (χ3n) is 4.27. The summed E-state index contributed by atoms with van der Waals surface area (Å²) in [6.45, 7) is 0.926. The highest BCUT2D eigenvalue weighted by atomic mass is 79.9. The fourth-order valence-electron chi connectivity index (χ4n) is 2.85. The second-order valence-corrected chi connectivity index (χ2v) is 7.01. The van der Waals surface area contributed by atoms with Crippen LogP contribution in [0.5, 0.6) is 0 Å². The summed E-state index contributed by atoms with van der Waals surface area (Å²) < 4.78 is 0.991. The average Bonchev–Trinajstić information content (AvgIpc) is 2.96. The lowest BCUT2D eigenvalue weighted by Gasteiger charge is -2.18. The van der Waals surface area contributed by atoms with Crippen LogP contribution in [0.15, 0.2) is 28.7 Å². The summed E-state index contributed by atoms with van der Waals surface area (Å²) in [7, 11) is 1.78. The molecule has 2 unspecified atom stereocenters. The van der Waals surface area contributed by atoms with E-state index in [1.807, 2.05) is 24.3 Å². The molecular weight excluding hydrogens is 394 g/mol. The standard InChI is InChI=1S/C17H24BrN3O2.ClH/c1-21(11-13-4-2-3-5-15(13)18)16(22)8-9-20-17(23)12-6-7-14(19)10-12;/h2-5,12,14H,6-11,19H2,1H3,(H,20,23);1H. The second kappa shape index (κ2) is 10.0. The van der Waals surface area contributed by atoms with Crippen LogP contribution in [0, 0.1) is 5.92 Å². The summed E-state index contributed by atoms with van der Waals surface area (Å²) in [6.07, 6.45) is 2.82. The highest BCUT2D eigenvalue weighted by Crippen LogP contribution is 2.24. The maximum absolute atomic E-state index is 12.2. The fourth-order valence-corrected chi connectivity index (χ4v) is 3.26. The SMILES string of the molecule is CN(Cc1ccccc1Br)C(=O)CCNC(=O)C1CCC(N)C1.Cl. The van der Waals surface area contributed by atoms with Crippen LogP contribution in [0.1, 0.15) is 31.2 Å².